The van der Waals surface area contributed by atoms with Gasteiger partial charge in [0, 0.05) is 13.2 Å². The van der Waals surface area contributed by atoms with E-state index in [1.54, 1.807) is 0 Å². The molecule has 0 radical (unpaired) electrons. The molecule has 70 valence electrons. The monoisotopic (exact) mass is 174 g/mol. The van der Waals surface area contributed by atoms with E-state index in [1.807, 2.05) is 0 Å². The number of nitrogens with two attached hydrogens (primary N) is 1. The van der Waals surface area contributed by atoms with Crippen molar-refractivity contribution >= 4 is 6.03 Å². The Hall–Kier alpha value is -0.810. The number of nitrogens with one attached hydrogen (secondary N) is 1. The molecule has 1 fully saturated rings. The molecule has 1 rings (SSSR count). The Bertz CT molecular complexity index is 146. The summed E-state index contributed by atoms with van der Waals surface area (Å²) in [7, 11) is 0. The third-order valence-electron chi connectivity index (χ3n) is 1.83. The zero-order chi connectivity index (χ0) is 8.81. The lowest BCUT2D eigenvalue weighted by Gasteiger charge is -2.21. The lowest BCUT2D eigenvalue weighted by Crippen LogP contribution is -2.32. The Morgan fingerprint density at radius 3 is 2.83 bits per heavy atom. The van der Waals surface area contributed by atoms with Crippen molar-refractivity contribution in [1.29, 1.82) is 0 Å². The van der Waals surface area contributed by atoms with Crippen LogP contribution in [0.25, 0.3) is 0 Å². The van der Waals surface area contributed by atoms with E-state index in [4.69, 9.17) is 15.3 Å². The first-order chi connectivity index (χ1) is 5.79. The van der Waals surface area contributed by atoms with Crippen LogP contribution in [0.2, 0.25) is 0 Å². The molecule has 3 N–H and O–H groups in total. The summed E-state index contributed by atoms with van der Waals surface area (Å²) in [4.78, 5) is 15.1. The average molecular weight is 174 g/mol. The second-order valence-electron chi connectivity index (χ2n) is 2.83. The molecule has 0 atom stereocenters. The molecule has 0 aromatic carbocycles. The molecule has 1 saturated heterocycles. The molecule has 1 aliphatic heterocycles. The van der Waals surface area contributed by atoms with Gasteiger partial charge in [0.05, 0.1) is 6.61 Å². The lowest BCUT2D eigenvalue weighted by atomic mass is 10.0. The smallest absolute Gasteiger partial charge is 0.336 e. The van der Waals surface area contributed by atoms with Crippen molar-refractivity contribution in [2.24, 2.45) is 11.7 Å². The molecule has 0 bridgehead atoms. The van der Waals surface area contributed by atoms with E-state index in [2.05, 4.69) is 5.48 Å². The van der Waals surface area contributed by atoms with Gasteiger partial charge in [-0.25, -0.2) is 10.3 Å². The van der Waals surface area contributed by atoms with Crippen LogP contribution in [0.5, 0.6) is 0 Å². The van der Waals surface area contributed by atoms with Gasteiger partial charge in [0.2, 0.25) is 0 Å². The van der Waals surface area contributed by atoms with Gasteiger partial charge in [-0.05, 0) is 18.8 Å². The van der Waals surface area contributed by atoms with Crippen molar-refractivity contribution in [2.45, 2.75) is 12.8 Å². The Kier molecular flexibility index (Phi) is 3.83. The molecule has 1 aliphatic rings. The molecule has 2 amide bonds. The van der Waals surface area contributed by atoms with Gasteiger partial charge in [0.15, 0.2) is 0 Å². The summed E-state index contributed by atoms with van der Waals surface area (Å²) in [5.74, 6) is 0.477. The Morgan fingerprint density at radius 1 is 1.58 bits per heavy atom. The van der Waals surface area contributed by atoms with Crippen LogP contribution in [0.3, 0.4) is 0 Å². The van der Waals surface area contributed by atoms with Gasteiger partial charge in [-0.2, -0.15) is 0 Å². The highest BCUT2D eigenvalue weighted by molar-refractivity contribution is 5.70. The molecule has 0 saturated carbocycles. The quantitative estimate of drug-likeness (QED) is 0.592. The van der Waals surface area contributed by atoms with Gasteiger partial charge in [-0.15, -0.1) is 0 Å². The molecule has 0 unspecified atom stereocenters. The third-order valence-corrected chi connectivity index (χ3v) is 1.83. The predicted molar refractivity (Wildman–Crippen MR) is 42.2 cm³/mol. The molecule has 0 aromatic heterocycles. The minimum absolute atomic E-state index is 0.477. The molecule has 0 spiro atoms. The van der Waals surface area contributed by atoms with Crippen LogP contribution in [-0.2, 0) is 9.57 Å². The van der Waals surface area contributed by atoms with Crippen LogP contribution in [-0.4, -0.2) is 25.9 Å². The predicted octanol–water partition coefficient (Wildman–Crippen LogP) is 0.0129. The van der Waals surface area contributed by atoms with Gasteiger partial charge < -0.3 is 10.5 Å². The van der Waals surface area contributed by atoms with E-state index < -0.39 is 6.03 Å². The molecular weight excluding hydrogens is 160 g/mol. The molecule has 12 heavy (non-hydrogen) atoms. The number of ether oxygens (including phenoxy) is 1. The Balaban J connectivity index is 2.01. The molecule has 1 heterocycles. The van der Waals surface area contributed by atoms with Crippen LogP contribution >= 0.6 is 0 Å². The van der Waals surface area contributed by atoms with Crippen molar-refractivity contribution < 1.29 is 14.4 Å². The van der Waals surface area contributed by atoms with E-state index in [0.717, 1.165) is 26.1 Å². The van der Waals surface area contributed by atoms with Crippen LogP contribution in [0.1, 0.15) is 12.8 Å². The molecule has 0 aromatic rings. The van der Waals surface area contributed by atoms with Gasteiger partial charge in [-0.3, -0.25) is 4.84 Å². The molecular formula is C7H14N2O3. The summed E-state index contributed by atoms with van der Waals surface area (Å²) in [5, 5.41) is 0. The average Bonchev–Trinajstić information content (AvgIpc) is 2.05. The van der Waals surface area contributed by atoms with Gasteiger partial charge in [-0.1, -0.05) is 0 Å². The van der Waals surface area contributed by atoms with Crippen molar-refractivity contribution in [3.8, 4) is 0 Å². The Morgan fingerprint density at radius 2 is 2.25 bits per heavy atom. The number of primary amides is 1. The number of hydrogen-bond acceptors (Lipinski definition) is 3. The largest absolute Gasteiger partial charge is 0.381 e. The van der Waals surface area contributed by atoms with E-state index in [0.29, 0.717) is 12.5 Å². The SMILES string of the molecule is NC(=O)NOCC1CCOCC1. The number of rotatable bonds is 3. The number of urea groups is 1. The molecule has 5 nitrogen and oxygen atoms in total. The maximum absolute atomic E-state index is 10.2. The zero-order valence-corrected chi connectivity index (χ0v) is 6.91. The highest BCUT2D eigenvalue weighted by Crippen LogP contribution is 2.13. The van der Waals surface area contributed by atoms with E-state index in [-0.39, 0.29) is 0 Å². The van der Waals surface area contributed by atoms with Crippen molar-refractivity contribution in [1.82, 2.24) is 5.48 Å². The first-order valence-corrected chi connectivity index (χ1v) is 4.04. The van der Waals surface area contributed by atoms with Crippen LogP contribution < -0.4 is 11.2 Å². The van der Waals surface area contributed by atoms with Gasteiger partial charge in [0.25, 0.3) is 0 Å². The van der Waals surface area contributed by atoms with Crippen LogP contribution in [0.15, 0.2) is 0 Å². The summed E-state index contributed by atoms with van der Waals surface area (Å²) in [5.41, 5.74) is 6.90. The summed E-state index contributed by atoms with van der Waals surface area (Å²) < 4.78 is 5.16. The summed E-state index contributed by atoms with van der Waals surface area (Å²) in [6.45, 7) is 2.08. The second-order valence-corrected chi connectivity index (χ2v) is 2.83. The minimum Gasteiger partial charge on any atom is -0.381 e. The lowest BCUT2D eigenvalue weighted by molar-refractivity contribution is -0.00465. The van der Waals surface area contributed by atoms with Gasteiger partial charge in [0.1, 0.15) is 0 Å². The standard InChI is InChI=1S/C7H14N2O3/c8-7(10)9-12-5-6-1-3-11-4-2-6/h6H,1-5H2,(H3,8,9,10). The van der Waals surface area contributed by atoms with Crippen LogP contribution in [0, 0.1) is 5.92 Å². The number of carbonyl (C=O) groups excluding carboxylic acids is 1. The fourth-order valence-electron chi connectivity index (χ4n) is 1.14. The van der Waals surface area contributed by atoms with Crippen molar-refractivity contribution in [3.63, 3.8) is 0 Å². The number of amides is 2. The van der Waals surface area contributed by atoms with E-state index in [1.165, 1.54) is 0 Å². The third kappa shape index (κ3) is 3.54. The summed E-state index contributed by atoms with van der Waals surface area (Å²) in [6, 6.07) is -0.651. The fourth-order valence-corrected chi connectivity index (χ4v) is 1.14. The maximum Gasteiger partial charge on any atom is 0.336 e. The molecule has 0 aliphatic carbocycles. The van der Waals surface area contributed by atoms with E-state index in [9.17, 15) is 4.79 Å². The number of hydroxylamine groups is 1. The maximum atomic E-state index is 10.2. The van der Waals surface area contributed by atoms with Crippen molar-refractivity contribution in [2.75, 3.05) is 19.8 Å². The summed E-state index contributed by atoms with van der Waals surface area (Å²) >= 11 is 0. The van der Waals surface area contributed by atoms with Gasteiger partial charge >= 0.3 is 6.03 Å². The second kappa shape index (κ2) is 4.95. The zero-order valence-electron chi connectivity index (χ0n) is 6.91. The first kappa shape index (κ1) is 9.28. The topological polar surface area (TPSA) is 73.6 Å². The highest BCUT2D eigenvalue weighted by Gasteiger charge is 2.13. The minimum atomic E-state index is -0.651. The highest BCUT2D eigenvalue weighted by atomic mass is 16.7. The number of carbonyl (C=O) groups is 1. The van der Waals surface area contributed by atoms with E-state index >= 15 is 0 Å². The fraction of sp³-hybridized carbons (Fsp3) is 0.857. The van der Waals surface area contributed by atoms with Crippen molar-refractivity contribution in [3.05, 3.63) is 0 Å². The number of hydrogen-bond donors (Lipinski definition) is 2. The summed E-state index contributed by atoms with van der Waals surface area (Å²) in [6.07, 6.45) is 1.97. The first-order valence-electron chi connectivity index (χ1n) is 4.04. The Labute approximate surface area is 71.2 Å². The normalized spacial score (nSPS) is 19.0. The van der Waals surface area contributed by atoms with Crippen LogP contribution in [0.4, 0.5) is 4.79 Å². The molecule has 5 heteroatoms.